The summed E-state index contributed by atoms with van der Waals surface area (Å²) in [7, 11) is 0. The van der Waals surface area contributed by atoms with Crippen molar-refractivity contribution < 1.29 is 18.0 Å². The van der Waals surface area contributed by atoms with E-state index in [0.29, 0.717) is 22.9 Å². The van der Waals surface area contributed by atoms with E-state index in [1.807, 2.05) is 0 Å². The van der Waals surface area contributed by atoms with E-state index in [0.717, 1.165) is 10.4 Å². The van der Waals surface area contributed by atoms with Gasteiger partial charge in [0.15, 0.2) is 0 Å². The lowest BCUT2D eigenvalue weighted by atomic mass is 9.98. The van der Waals surface area contributed by atoms with Gasteiger partial charge in [-0.05, 0) is 27.7 Å². The molecule has 0 aliphatic rings. The highest BCUT2D eigenvalue weighted by atomic mass is 19.4. The van der Waals surface area contributed by atoms with Crippen molar-refractivity contribution in [3.63, 3.8) is 0 Å². The molecule has 0 bridgehead atoms. The first-order valence-electron chi connectivity index (χ1n) is 7.01. The zero-order valence-corrected chi connectivity index (χ0v) is 13.2. The largest absolute Gasteiger partial charge is 0.408 e. The van der Waals surface area contributed by atoms with Crippen LogP contribution in [0.2, 0.25) is 0 Å². The maximum Gasteiger partial charge on any atom is 0.408 e. The highest BCUT2D eigenvalue weighted by molar-refractivity contribution is 5.94. The fourth-order valence-corrected chi connectivity index (χ4v) is 2.49. The van der Waals surface area contributed by atoms with Crippen LogP contribution >= 0.6 is 0 Å². The van der Waals surface area contributed by atoms with Crippen LogP contribution in [-0.2, 0) is 11.3 Å². The molecule has 2 N–H and O–H groups in total. The summed E-state index contributed by atoms with van der Waals surface area (Å²) in [5.41, 5.74) is 2.02. The van der Waals surface area contributed by atoms with Crippen molar-refractivity contribution in [1.29, 1.82) is 0 Å². The zero-order chi connectivity index (χ0) is 17.4. The van der Waals surface area contributed by atoms with Crippen LogP contribution in [0.3, 0.4) is 0 Å². The van der Waals surface area contributed by atoms with Crippen molar-refractivity contribution in [2.45, 2.75) is 46.3 Å². The predicted molar refractivity (Wildman–Crippen MR) is 78.1 cm³/mol. The molecule has 0 radical (unpaired) electrons. The molecular formula is C14H18F3N5O. The van der Waals surface area contributed by atoms with E-state index in [1.165, 1.54) is 6.92 Å². The van der Waals surface area contributed by atoms with Gasteiger partial charge in [0.1, 0.15) is 6.54 Å². The van der Waals surface area contributed by atoms with Crippen LogP contribution in [-0.4, -0.2) is 31.8 Å². The molecule has 0 saturated heterocycles. The number of nitrogens with zero attached hydrogens (tertiary/aromatic N) is 3. The third-order valence-electron chi connectivity index (χ3n) is 3.54. The van der Waals surface area contributed by atoms with Gasteiger partial charge in [-0.1, -0.05) is 0 Å². The van der Waals surface area contributed by atoms with Gasteiger partial charge < -0.3 is 4.98 Å². The molecule has 0 saturated carbocycles. The normalized spacial score (nSPS) is 13.2. The topological polar surface area (TPSA) is 75.6 Å². The van der Waals surface area contributed by atoms with Crippen molar-refractivity contribution in [3.05, 3.63) is 28.8 Å². The zero-order valence-electron chi connectivity index (χ0n) is 13.2. The molecule has 0 aliphatic heterocycles. The number of aromatic amines is 1. The van der Waals surface area contributed by atoms with Gasteiger partial charge in [0.05, 0.1) is 11.6 Å². The minimum atomic E-state index is -4.36. The fourth-order valence-electron chi connectivity index (χ4n) is 2.49. The lowest BCUT2D eigenvalue weighted by molar-refractivity contribution is -0.142. The Hall–Kier alpha value is -2.32. The Bertz CT molecular complexity index is 717. The van der Waals surface area contributed by atoms with Gasteiger partial charge in [-0.25, -0.2) is 4.98 Å². The number of alkyl halides is 3. The van der Waals surface area contributed by atoms with Crippen LogP contribution in [0, 0.1) is 20.8 Å². The summed E-state index contributed by atoms with van der Waals surface area (Å²) in [6, 6.07) is 0. The summed E-state index contributed by atoms with van der Waals surface area (Å²) >= 11 is 0. The molecule has 0 aromatic carbocycles. The summed E-state index contributed by atoms with van der Waals surface area (Å²) in [6.07, 6.45) is -2.80. The summed E-state index contributed by atoms with van der Waals surface area (Å²) in [5, 5.41) is 6.51. The fraction of sp³-hybridized carbons (Fsp3) is 0.500. The number of amides is 1. The summed E-state index contributed by atoms with van der Waals surface area (Å²) in [5.74, 6) is -0.711. The molecule has 0 unspecified atom stereocenters. The van der Waals surface area contributed by atoms with Crippen LogP contribution in [0.15, 0.2) is 6.20 Å². The molecule has 0 fully saturated rings. The van der Waals surface area contributed by atoms with E-state index >= 15 is 0 Å². The number of H-pyrrole nitrogens is 1. The molecule has 2 aromatic rings. The molecule has 1 atom stereocenters. The minimum Gasteiger partial charge on any atom is -0.328 e. The second-order valence-electron chi connectivity index (χ2n) is 5.48. The highest BCUT2D eigenvalue weighted by Crippen LogP contribution is 2.27. The van der Waals surface area contributed by atoms with Gasteiger partial charge in [0, 0.05) is 23.1 Å². The first kappa shape index (κ1) is 17.0. The number of hydrogen-bond acceptors (Lipinski definition) is 3. The van der Waals surface area contributed by atoms with Gasteiger partial charge in [0.25, 0.3) is 0 Å². The molecule has 2 aromatic heterocycles. The molecule has 23 heavy (non-hydrogen) atoms. The van der Waals surface area contributed by atoms with Crippen molar-refractivity contribution in [3.8, 4) is 0 Å². The number of nitrogens with one attached hydrogen (secondary N) is 2. The van der Waals surface area contributed by atoms with Crippen LogP contribution in [0.1, 0.15) is 35.5 Å². The second-order valence-corrected chi connectivity index (χ2v) is 5.48. The van der Waals surface area contributed by atoms with Crippen molar-refractivity contribution in [2.75, 3.05) is 5.32 Å². The van der Waals surface area contributed by atoms with Crippen LogP contribution < -0.4 is 5.32 Å². The average Bonchev–Trinajstić information content (AvgIpc) is 2.92. The standard InChI is InChI=1S/C14H18F3N5O/c1-7-5-18-13(19-7)20-12(23)8(2)11-9(3)21-22(10(11)4)6-14(15,16)17/h5,8H,6H2,1-4H3,(H2,18,19,20,23)/t8-/m0/s1. The Morgan fingerprint density at radius 2 is 2.04 bits per heavy atom. The number of aryl methyl sites for hydroxylation is 2. The number of imidazole rings is 1. The minimum absolute atomic E-state index is 0.303. The molecule has 0 aliphatic carbocycles. The second kappa shape index (κ2) is 6.05. The molecule has 126 valence electrons. The number of carbonyl (C=O) groups is 1. The summed E-state index contributed by atoms with van der Waals surface area (Å²) in [6.45, 7) is 5.37. The number of hydrogen-bond donors (Lipinski definition) is 2. The smallest absolute Gasteiger partial charge is 0.328 e. The van der Waals surface area contributed by atoms with E-state index in [2.05, 4.69) is 20.4 Å². The van der Waals surface area contributed by atoms with Crippen molar-refractivity contribution in [1.82, 2.24) is 19.7 Å². The van der Waals surface area contributed by atoms with Crippen LogP contribution in [0.4, 0.5) is 19.1 Å². The first-order valence-corrected chi connectivity index (χ1v) is 7.01. The highest BCUT2D eigenvalue weighted by Gasteiger charge is 2.31. The number of carbonyl (C=O) groups excluding carboxylic acids is 1. The maximum absolute atomic E-state index is 12.6. The predicted octanol–water partition coefficient (Wildman–Crippen LogP) is 2.84. The van der Waals surface area contributed by atoms with Gasteiger partial charge in [-0.15, -0.1) is 0 Å². The lowest BCUT2D eigenvalue weighted by Gasteiger charge is -2.13. The van der Waals surface area contributed by atoms with E-state index in [9.17, 15) is 18.0 Å². The summed E-state index contributed by atoms with van der Waals surface area (Å²) < 4.78 is 38.6. The van der Waals surface area contributed by atoms with E-state index in [-0.39, 0.29) is 5.91 Å². The third kappa shape index (κ3) is 3.91. The molecular weight excluding hydrogens is 311 g/mol. The number of aromatic nitrogens is 4. The first-order chi connectivity index (χ1) is 10.6. The number of halogens is 3. The molecule has 2 heterocycles. The monoisotopic (exact) mass is 329 g/mol. The van der Waals surface area contributed by atoms with Crippen LogP contribution in [0.25, 0.3) is 0 Å². The Balaban J connectivity index is 2.21. The van der Waals surface area contributed by atoms with E-state index < -0.39 is 18.6 Å². The van der Waals surface area contributed by atoms with Gasteiger partial charge in [-0.3, -0.25) is 14.8 Å². The molecule has 1 amide bonds. The average molecular weight is 329 g/mol. The molecule has 9 heteroatoms. The Morgan fingerprint density at radius 3 is 2.57 bits per heavy atom. The van der Waals surface area contributed by atoms with Gasteiger partial charge in [0.2, 0.25) is 11.9 Å². The quantitative estimate of drug-likeness (QED) is 0.905. The third-order valence-corrected chi connectivity index (χ3v) is 3.54. The number of anilines is 1. The van der Waals surface area contributed by atoms with Crippen LogP contribution in [0.5, 0.6) is 0 Å². The lowest BCUT2D eigenvalue weighted by Crippen LogP contribution is -2.22. The maximum atomic E-state index is 12.6. The van der Waals surface area contributed by atoms with Crippen molar-refractivity contribution in [2.24, 2.45) is 0 Å². The Morgan fingerprint density at radius 1 is 1.39 bits per heavy atom. The van der Waals surface area contributed by atoms with E-state index in [4.69, 9.17) is 0 Å². The Labute approximate surface area is 131 Å². The molecule has 2 rings (SSSR count). The van der Waals surface area contributed by atoms with Gasteiger partial charge >= 0.3 is 6.18 Å². The number of rotatable bonds is 4. The van der Waals surface area contributed by atoms with E-state index in [1.54, 1.807) is 27.0 Å². The Kier molecular flexibility index (Phi) is 4.49. The molecule has 6 nitrogen and oxygen atoms in total. The summed E-state index contributed by atoms with van der Waals surface area (Å²) in [4.78, 5) is 19.1. The molecule has 0 spiro atoms. The van der Waals surface area contributed by atoms with Crippen molar-refractivity contribution >= 4 is 11.9 Å². The SMILES string of the molecule is Cc1cnc(NC(=O)[C@@H](C)c2c(C)nn(CC(F)(F)F)c2C)[nH]1. The van der Waals surface area contributed by atoms with Gasteiger partial charge in [-0.2, -0.15) is 18.3 Å².